The molecule has 0 unspecified atom stereocenters. The Kier molecular flexibility index (Phi) is 6.71. The van der Waals surface area contributed by atoms with Gasteiger partial charge in [0.1, 0.15) is 30.5 Å². The minimum atomic E-state index is -0.673. The van der Waals surface area contributed by atoms with Gasteiger partial charge in [-0.05, 0) is 18.2 Å². The van der Waals surface area contributed by atoms with Gasteiger partial charge in [-0.2, -0.15) is 5.26 Å². The van der Waals surface area contributed by atoms with Crippen molar-refractivity contribution in [2.24, 2.45) is 0 Å². The van der Waals surface area contributed by atoms with Gasteiger partial charge in [0.2, 0.25) is 11.8 Å². The molecular weight excluding hydrogens is 386 g/mol. The second kappa shape index (κ2) is 9.82. The molecule has 8 heteroatoms. The Balaban J connectivity index is 1.90. The van der Waals surface area contributed by atoms with Crippen LogP contribution in [0.25, 0.3) is 5.57 Å². The lowest BCUT2D eigenvalue weighted by atomic mass is 10.0. The van der Waals surface area contributed by atoms with Gasteiger partial charge in [-0.25, -0.2) is 9.97 Å². The summed E-state index contributed by atoms with van der Waals surface area (Å²) in [4.78, 5) is 20.2. The molecule has 8 nitrogen and oxygen atoms in total. The summed E-state index contributed by atoms with van der Waals surface area (Å²) >= 11 is 0. The highest BCUT2D eigenvalue weighted by molar-refractivity contribution is 6.21. The third kappa shape index (κ3) is 4.79. The quantitative estimate of drug-likeness (QED) is 0.449. The van der Waals surface area contributed by atoms with E-state index in [0.717, 1.165) is 0 Å². The van der Waals surface area contributed by atoms with E-state index in [9.17, 15) is 15.2 Å². The van der Waals surface area contributed by atoms with Crippen LogP contribution in [0.4, 0.5) is 0 Å². The molecule has 0 aliphatic rings. The predicted molar refractivity (Wildman–Crippen MR) is 107 cm³/mol. The van der Waals surface area contributed by atoms with Crippen LogP contribution in [-0.2, 0) is 9.53 Å². The number of para-hydroxylation sites is 2. The number of methoxy groups -OCH3 is 1. The largest absolute Gasteiger partial charge is 0.504 e. The van der Waals surface area contributed by atoms with Gasteiger partial charge in [-0.3, -0.25) is 4.79 Å². The number of rotatable bonds is 8. The number of aromatic nitrogens is 2. The van der Waals surface area contributed by atoms with Gasteiger partial charge in [-0.1, -0.05) is 30.3 Å². The lowest BCUT2D eigenvalue weighted by Gasteiger charge is -2.12. The van der Waals surface area contributed by atoms with E-state index >= 15 is 0 Å². The maximum absolute atomic E-state index is 12.1. The molecule has 3 aromatic rings. The Bertz CT molecular complexity index is 1120. The van der Waals surface area contributed by atoms with E-state index in [2.05, 4.69) is 9.97 Å². The molecule has 0 saturated heterocycles. The number of carbonyl (C=O) groups excluding carboxylic acids is 1. The van der Waals surface area contributed by atoms with E-state index in [-0.39, 0.29) is 17.3 Å². The fourth-order valence-electron chi connectivity index (χ4n) is 2.57. The van der Waals surface area contributed by atoms with Crippen LogP contribution >= 0.6 is 0 Å². The normalized spacial score (nSPS) is 10.8. The summed E-state index contributed by atoms with van der Waals surface area (Å²) in [6.45, 7) is -0.673. The molecule has 0 spiro atoms. The molecule has 1 N–H and O–H groups in total. The minimum absolute atomic E-state index is 0.157. The number of nitrogens with zero attached hydrogens (tertiary/aromatic N) is 3. The Labute approximate surface area is 172 Å². The van der Waals surface area contributed by atoms with Crippen molar-refractivity contribution in [3.05, 3.63) is 78.3 Å². The van der Waals surface area contributed by atoms with Crippen molar-refractivity contribution < 1.29 is 24.1 Å². The zero-order valence-corrected chi connectivity index (χ0v) is 16.0. The Hall–Kier alpha value is -4.22. The first-order valence-corrected chi connectivity index (χ1v) is 8.79. The van der Waals surface area contributed by atoms with E-state index in [1.54, 1.807) is 48.5 Å². The number of ketones is 1. The van der Waals surface area contributed by atoms with Gasteiger partial charge in [0.25, 0.3) is 0 Å². The molecule has 0 saturated carbocycles. The first-order chi connectivity index (χ1) is 14.7. The van der Waals surface area contributed by atoms with Crippen LogP contribution in [0.3, 0.4) is 0 Å². The number of Topliss-reactive ketones (excluding diaryl/α,β-unsaturated/α-hetero) is 1. The third-order valence-electron chi connectivity index (χ3n) is 3.91. The highest BCUT2D eigenvalue weighted by Crippen LogP contribution is 2.31. The molecule has 1 aromatic heterocycles. The summed E-state index contributed by atoms with van der Waals surface area (Å²) in [6.07, 6.45) is 2.50. The Morgan fingerprint density at radius 2 is 1.70 bits per heavy atom. The van der Waals surface area contributed by atoms with Crippen molar-refractivity contribution >= 4 is 11.4 Å². The Morgan fingerprint density at radius 3 is 2.37 bits per heavy atom. The van der Waals surface area contributed by atoms with Crippen LogP contribution in [0.1, 0.15) is 11.1 Å². The number of hydrogen-bond acceptors (Lipinski definition) is 8. The van der Waals surface area contributed by atoms with Crippen LogP contribution in [0.15, 0.2) is 67.2 Å². The van der Waals surface area contributed by atoms with Crippen molar-refractivity contribution in [3.63, 3.8) is 0 Å². The first kappa shape index (κ1) is 20.5. The average molecular weight is 403 g/mol. The van der Waals surface area contributed by atoms with Crippen LogP contribution in [0.5, 0.6) is 23.3 Å². The highest BCUT2D eigenvalue weighted by atomic mass is 16.5. The van der Waals surface area contributed by atoms with E-state index in [4.69, 9.17) is 14.2 Å². The maximum atomic E-state index is 12.1. The molecule has 150 valence electrons. The van der Waals surface area contributed by atoms with E-state index in [1.165, 1.54) is 25.8 Å². The smallest absolute Gasteiger partial charge is 0.226 e. The summed E-state index contributed by atoms with van der Waals surface area (Å²) in [7, 11) is 1.40. The lowest BCUT2D eigenvalue weighted by molar-refractivity contribution is -0.116. The molecule has 0 fully saturated rings. The first-order valence-electron chi connectivity index (χ1n) is 8.79. The Morgan fingerprint density at radius 1 is 1.07 bits per heavy atom. The predicted octanol–water partition coefficient (Wildman–Crippen LogP) is 3.48. The highest BCUT2D eigenvalue weighted by Gasteiger charge is 2.17. The average Bonchev–Trinajstić information content (AvgIpc) is 2.78. The monoisotopic (exact) mass is 403 g/mol. The molecular formula is C22H17N3O5. The number of aliphatic hydroxyl groups is 1. The van der Waals surface area contributed by atoms with Gasteiger partial charge in [0, 0.05) is 5.56 Å². The van der Waals surface area contributed by atoms with E-state index in [1.807, 2.05) is 6.07 Å². The molecule has 30 heavy (non-hydrogen) atoms. The van der Waals surface area contributed by atoms with Gasteiger partial charge in [0.05, 0.1) is 30.6 Å². The molecule has 2 aromatic carbocycles. The zero-order chi connectivity index (χ0) is 21.3. The molecule has 0 aliphatic heterocycles. The van der Waals surface area contributed by atoms with Gasteiger partial charge >= 0.3 is 0 Å². The van der Waals surface area contributed by atoms with Crippen LogP contribution < -0.4 is 9.47 Å². The third-order valence-corrected chi connectivity index (χ3v) is 3.91. The molecule has 0 atom stereocenters. The van der Waals surface area contributed by atoms with Crippen LogP contribution in [0, 0.1) is 11.3 Å². The fourth-order valence-corrected chi connectivity index (χ4v) is 2.57. The number of nitriles is 1. The minimum Gasteiger partial charge on any atom is -0.504 e. The fraction of sp³-hybridized carbons (Fsp3) is 0.0909. The standard InChI is InChI=1S/C22H17N3O5/c1-28-13-17(18(27)12-26)16-7-3-5-9-20(16)30-22-10-21(24-14-25-22)29-19-8-4-2-6-15(19)11-23/h2-10,13-14,26H,12H2,1H3/b17-13+. The zero-order valence-electron chi connectivity index (χ0n) is 16.0. The SMILES string of the molecule is CO/C=C(/C(=O)CO)c1ccccc1Oc1cc(Oc2ccccc2C#N)ncn1. The van der Waals surface area contributed by atoms with Gasteiger partial charge < -0.3 is 19.3 Å². The number of benzene rings is 2. The summed E-state index contributed by atoms with van der Waals surface area (Å²) in [5, 5.41) is 18.4. The summed E-state index contributed by atoms with van der Waals surface area (Å²) < 4.78 is 16.5. The van der Waals surface area contributed by atoms with Crippen molar-refractivity contribution in [2.45, 2.75) is 0 Å². The van der Waals surface area contributed by atoms with Crippen molar-refractivity contribution in [3.8, 4) is 29.3 Å². The second-order valence-electron chi connectivity index (χ2n) is 5.85. The molecule has 0 aliphatic carbocycles. The lowest BCUT2D eigenvalue weighted by Crippen LogP contribution is -2.08. The van der Waals surface area contributed by atoms with Crippen LogP contribution in [0.2, 0.25) is 0 Å². The molecule has 0 radical (unpaired) electrons. The molecule has 3 rings (SSSR count). The number of aliphatic hydroxyl groups excluding tert-OH is 1. The molecule has 1 heterocycles. The van der Waals surface area contributed by atoms with Crippen molar-refractivity contribution in [1.82, 2.24) is 9.97 Å². The summed E-state index contributed by atoms with van der Waals surface area (Å²) in [5.41, 5.74) is 0.944. The number of carbonyl (C=O) groups is 1. The second-order valence-corrected chi connectivity index (χ2v) is 5.85. The number of ether oxygens (including phenoxy) is 3. The van der Waals surface area contributed by atoms with E-state index < -0.39 is 12.4 Å². The molecule has 0 amide bonds. The topological polar surface area (TPSA) is 115 Å². The van der Waals surface area contributed by atoms with Crippen molar-refractivity contribution in [2.75, 3.05) is 13.7 Å². The van der Waals surface area contributed by atoms with Gasteiger partial charge in [0.15, 0.2) is 5.78 Å². The molecule has 0 bridgehead atoms. The van der Waals surface area contributed by atoms with Crippen molar-refractivity contribution in [1.29, 1.82) is 5.26 Å². The number of hydrogen-bond donors (Lipinski definition) is 1. The summed E-state index contributed by atoms with van der Waals surface area (Å²) in [6, 6.07) is 17.0. The van der Waals surface area contributed by atoms with Crippen LogP contribution in [-0.4, -0.2) is 34.6 Å². The maximum Gasteiger partial charge on any atom is 0.226 e. The summed E-state index contributed by atoms with van der Waals surface area (Å²) in [5.74, 6) is 0.496. The van der Waals surface area contributed by atoms with E-state index in [0.29, 0.717) is 22.6 Å². The van der Waals surface area contributed by atoms with Gasteiger partial charge in [-0.15, -0.1) is 0 Å².